The molecule has 1 fully saturated rings. The number of hydrogen-bond acceptors (Lipinski definition) is 2. The largest absolute Gasteiger partial charge is 0.481 e. The normalized spacial score (nSPS) is 22.4. The van der Waals surface area contributed by atoms with Crippen LogP contribution in [0.1, 0.15) is 53.7 Å². The highest BCUT2D eigenvalue weighted by Gasteiger charge is 2.15. The maximum absolute atomic E-state index is 11.8. The standard InChI is InChI=1S/C16H18O3/c1-11(16(18)19)13-8-6-12(7-9-13)10-14-4-2-3-5-15(14)17/h6-11H,2-5H2,1H3,(H,18,19)/b14-10+/i1D3. The van der Waals surface area contributed by atoms with Gasteiger partial charge in [-0.2, -0.15) is 0 Å². The third-order valence-corrected chi connectivity index (χ3v) is 3.32. The number of Topliss-reactive ketones (excluding diaryl/α,β-unsaturated/α-hetero) is 1. The van der Waals surface area contributed by atoms with Crippen molar-refractivity contribution >= 4 is 17.8 Å². The molecule has 1 N–H and O–H groups in total. The van der Waals surface area contributed by atoms with Crippen LogP contribution in [-0.2, 0) is 9.59 Å². The van der Waals surface area contributed by atoms with Gasteiger partial charge in [-0.1, -0.05) is 24.3 Å². The van der Waals surface area contributed by atoms with Crippen molar-refractivity contribution in [1.82, 2.24) is 0 Å². The maximum atomic E-state index is 11.8. The first-order valence-electron chi connectivity index (χ1n) is 7.85. The molecule has 0 aromatic heterocycles. The first kappa shape index (κ1) is 9.96. The first-order valence-corrected chi connectivity index (χ1v) is 6.35. The van der Waals surface area contributed by atoms with Crippen LogP contribution in [-0.4, -0.2) is 16.9 Å². The van der Waals surface area contributed by atoms with E-state index in [2.05, 4.69) is 0 Å². The van der Waals surface area contributed by atoms with Gasteiger partial charge in [0.2, 0.25) is 0 Å². The number of carboxylic acid groups (broad SMARTS) is 1. The molecule has 2 rings (SSSR count). The molecule has 19 heavy (non-hydrogen) atoms. The minimum atomic E-state index is -2.59. The minimum absolute atomic E-state index is 0.154. The van der Waals surface area contributed by atoms with Gasteiger partial charge in [-0.25, -0.2) is 0 Å². The van der Waals surface area contributed by atoms with E-state index >= 15 is 0 Å². The average Bonchev–Trinajstić information content (AvgIpc) is 2.41. The van der Waals surface area contributed by atoms with Gasteiger partial charge >= 0.3 is 5.97 Å². The van der Waals surface area contributed by atoms with Crippen molar-refractivity contribution < 1.29 is 18.8 Å². The van der Waals surface area contributed by atoms with E-state index < -0.39 is 18.7 Å². The molecule has 0 aliphatic heterocycles. The fourth-order valence-corrected chi connectivity index (χ4v) is 2.18. The topological polar surface area (TPSA) is 54.4 Å². The average molecular weight is 261 g/mol. The number of hydrogen-bond donors (Lipinski definition) is 1. The highest BCUT2D eigenvalue weighted by Crippen LogP contribution is 2.23. The number of aliphatic carboxylic acids is 1. The van der Waals surface area contributed by atoms with E-state index in [1.165, 1.54) is 12.1 Å². The van der Waals surface area contributed by atoms with Gasteiger partial charge in [0, 0.05) is 10.5 Å². The summed E-state index contributed by atoms with van der Waals surface area (Å²) in [6.45, 7) is -2.59. The summed E-state index contributed by atoms with van der Waals surface area (Å²) in [5, 5.41) is 9.11. The lowest BCUT2D eigenvalue weighted by Gasteiger charge is -2.12. The minimum Gasteiger partial charge on any atom is -0.481 e. The Morgan fingerprint density at radius 3 is 2.58 bits per heavy atom. The van der Waals surface area contributed by atoms with Gasteiger partial charge in [-0.05, 0) is 48.9 Å². The second-order valence-corrected chi connectivity index (χ2v) is 4.74. The van der Waals surface area contributed by atoms with Gasteiger partial charge in [-0.15, -0.1) is 0 Å². The first-order chi connectivity index (χ1) is 10.3. The summed E-state index contributed by atoms with van der Waals surface area (Å²) in [7, 11) is 0. The molecule has 3 heteroatoms. The quantitative estimate of drug-likeness (QED) is 0.848. The Balaban J connectivity index is 2.25. The molecule has 1 saturated carbocycles. The number of rotatable bonds is 3. The van der Waals surface area contributed by atoms with E-state index in [1.54, 1.807) is 18.2 Å². The van der Waals surface area contributed by atoms with Crippen LogP contribution in [0.4, 0.5) is 0 Å². The van der Waals surface area contributed by atoms with Crippen LogP contribution in [0.2, 0.25) is 0 Å². The Labute approximate surface area is 117 Å². The number of carboxylic acids is 1. The maximum Gasteiger partial charge on any atom is 0.310 e. The molecule has 0 saturated heterocycles. The Kier molecular flexibility index (Phi) is 3.05. The highest BCUT2D eigenvalue weighted by atomic mass is 16.4. The molecule has 3 nitrogen and oxygen atoms in total. The zero-order chi connectivity index (χ0) is 16.3. The Hall–Kier alpha value is -1.90. The van der Waals surface area contributed by atoms with Crippen LogP contribution in [0.3, 0.4) is 0 Å². The Bertz CT molecular complexity index is 600. The van der Waals surface area contributed by atoms with Gasteiger partial charge in [0.1, 0.15) is 0 Å². The summed E-state index contributed by atoms with van der Waals surface area (Å²) in [6, 6.07) is 6.33. The molecular weight excluding hydrogens is 240 g/mol. The monoisotopic (exact) mass is 261 g/mol. The summed E-state index contributed by atoms with van der Waals surface area (Å²) in [6.07, 6.45) is 5.05. The molecule has 0 heterocycles. The van der Waals surface area contributed by atoms with Crippen LogP contribution >= 0.6 is 0 Å². The summed E-state index contributed by atoms with van der Waals surface area (Å²) >= 11 is 0. The Morgan fingerprint density at radius 2 is 2.00 bits per heavy atom. The molecule has 1 atom stereocenters. The van der Waals surface area contributed by atoms with Crippen molar-refractivity contribution in [3.8, 4) is 0 Å². The summed E-state index contributed by atoms with van der Waals surface area (Å²) in [5.41, 5.74) is 1.80. The van der Waals surface area contributed by atoms with Crippen molar-refractivity contribution in [2.45, 2.75) is 38.5 Å². The third kappa shape index (κ3) is 3.31. The predicted molar refractivity (Wildman–Crippen MR) is 73.9 cm³/mol. The summed E-state index contributed by atoms with van der Waals surface area (Å²) < 4.78 is 22.0. The lowest BCUT2D eigenvalue weighted by atomic mass is 9.91. The molecule has 1 aromatic carbocycles. The van der Waals surface area contributed by atoms with Crippen molar-refractivity contribution in [1.29, 1.82) is 0 Å². The molecule has 0 amide bonds. The van der Waals surface area contributed by atoms with E-state index in [9.17, 15) is 9.59 Å². The van der Waals surface area contributed by atoms with Crippen molar-refractivity contribution in [3.05, 3.63) is 41.0 Å². The number of carbonyl (C=O) groups excluding carboxylic acids is 1. The van der Waals surface area contributed by atoms with Crippen LogP contribution in [0.5, 0.6) is 0 Å². The van der Waals surface area contributed by atoms with E-state index in [0.717, 1.165) is 30.4 Å². The highest BCUT2D eigenvalue weighted by molar-refractivity contribution is 6.00. The van der Waals surface area contributed by atoms with Crippen molar-refractivity contribution in [2.24, 2.45) is 0 Å². The van der Waals surface area contributed by atoms with Gasteiger partial charge in [0.25, 0.3) is 0 Å². The lowest BCUT2D eigenvalue weighted by Crippen LogP contribution is -2.08. The van der Waals surface area contributed by atoms with Crippen LogP contribution in [0, 0.1) is 0 Å². The van der Waals surface area contributed by atoms with E-state index in [1.807, 2.05) is 0 Å². The SMILES string of the molecule is [2H]C([2H])([2H])C(C(=O)O)c1ccc(/C=C2\CCCCC2=O)cc1. The molecule has 1 aromatic rings. The number of carbonyl (C=O) groups is 2. The van der Waals surface area contributed by atoms with Crippen LogP contribution in [0.15, 0.2) is 29.8 Å². The van der Waals surface area contributed by atoms with Gasteiger partial charge in [0.15, 0.2) is 5.78 Å². The third-order valence-electron chi connectivity index (χ3n) is 3.32. The summed E-state index contributed by atoms with van der Waals surface area (Å²) in [5.74, 6) is -2.75. The van der Waals surface area contributed by atoms with E-state index in [0.29, 0.717) is 6.42 Å². The fourth-order valence-electron chi connectivity index (χ4n) is 2.18. The molecule has 0 spiro atoms. The van der Waals surface area contributed by atoms with Gasteiger partial charge in [0.05, 0.1) is 5.92 Å². The number of allylic oxidation sites excluding steroid dienone is 1. The van der Waals surface area contributed by atoms with Crippen molar-refractivity contribution in [2.75, 3.05) is 0 Å². The second kappa shape index (κ2) is 5.83. The van der Waals surface area contributed by atoms with Gasteiger partial charge in [-0.3, -0.25) is 9.59 Å². The van der Waals surface area contributed by atoms with Crippen LogP contribution < -0.4 is 0 Å². The zero-order valence-electron chi connectivity index (χ0n) is 13.6. The lowest BCUT2D eigenvalue weighted by molar-refractivity contribution is -0.138. The Morgan fingerprint density at radius 1 is 1.32 bits per heavy atom. The second-order valence-electron chi connectivity index (χ2n) is 4.74. The molecule has 1 aliphatic carbocycles. The van der Waals surface area contributed by atoms with E-state index in [4.69, 9.17) is 9.22 Å². The fraction of sp³-hybridized carbons (Fsp3) is 0.375. The predicted octanol–water partition coefficient (Wildman–Crippen LogP) is 3.40. The molecule has 0 bridgehead atoms. The van der Waals surface area contributed by atoms with Gasteiger partial charge < -0.3 is 5.11 Å². The smallest absolute Gasteiger partial charge is 0.310 e. The number of ketones is 1. The molecule has 100 valence electrons. The summed E-state index contributed by atoms with van der Waals surface area (Å²) in [4.78, 5) is 22.9. The van der Waals surface area contributed by atoms with Crippen LogP contribution in [0.25, 0.3) is 6.08 Å². The molecule has 1 aliphatic rings. The van der Waals surface area contributed by atoms with E-state index in [-0.39, 0.29) is 11.3 Å². The van der Waals surface area contributed by atoms with Crippen molar-refractivity contribution in [3.63, 3.8) is 0 Å². The zero-order valence-corrected chi connectivity index (χ0v) is 10.6. The number of benzene rings is 1. The molecule has 0 radical (unpaired) electrons. The molecule has 1 unspecified atom stereocenters. The molecular formula is C16H18O3.